The second-order valence-electron chi connectivity index (χ2n) is 3.03. The number of hydrogen-bond acceptors (Lipinski definition) is 4. The maximum absolute atomic E-state index is 12.5. The first kappa shape index (κ1) is 10.3. The molecule has 0 saturated carbocycles. The summed E-state index contributed by atoms with van der Waals surface area (Å²) in [6, 6.07) is 4.13. The number of nitrogens with one attached hydrogen (secondary N) is 1. The molecule has 16 heavy (non-hydrogen) atoms. The number of hydrogen-bond donors (Lipinski definition) is 1. The lowest BCUT2D eigenvalue weighted by Crippen LogP contribution is -2.22. The maximum Gasteiger partial charge on any atom is 0.253 e. The van der Waals surface area contributed by atoms with Gasteiger partial charge in [-0.25, -0.2) is 4.98 Å². The van der Waals surface area contributed by atoms with Crippen molar-refractivity contribution in [3.05, 3.63) is 47.9 Å². The van der Waals surface area contributed by atoms with Crippen molar-refractivity contribution < 1.29 is 13.7 Å². The van der Waals surface area contributed by atoms with Crippen LogP contribution in [-0.2, 0) is 6.54 Å². The Labute approximate surface area is 90.3 Å². The van der Waals surface area contributed by atoms with Gasteiger partial charge in [0.25, 0.3) is 5.91 Å². The van der Waals surface area contributed by atoms with Crippen molar-refractivity contribution in [3.63, 3.8) is 0 Å². The summed E-state index contributed by atoms with van der Waals surface area (Å²) < 4.78 is 17.3. The number of amides is 1. The van der Waals surface area contributed by atoms with Gasteiger partial charge >= 0.3 is 0 Å². The molecular formula is C10H8FN3O2. The van der Waals surface area contributed by atoms with Crippen LogP contribution < -0.4 is 5.32 Å². The average molecular weight is 221 g/mol. The molecule has 0 unspecified atom stereocenters. The molecular weight excluding hydrogens is 213 g/mol. The van der Waals surface area contributed by atoms with Gasteiger partial charge in [-0.3, -0.25) is 4.79 Å². The van der Waals surface area contributed by atoms with E-state index in [1.165, 1.54) is 18.5 Å². The quantitative estimate of drug-likeness (QED) is 0.789. The largest absolute Gasteiger partial charge is 0.360 e. The first-order valence-corrected chi connectivity index (χ1v) is 4.55. The molecule has 0 spiro atoms. The Bertz CT molecular complexity index is 467. The summed E-state index contributed by atoms with van der Waals surface area (Å²) in [5, 5.41) is 6.08. The number of pyridine rings is 1. The fraction of sp³-hybridized carbons (Fsp3) is 0.100. The van der Waals surface area contributed by atoms with Crippen molar-refractivity contribution in [1.82, 2.24) is 15.5 Å². The number of carbonyl (C=O) groups excluding carboxylic acids is 1. The molecule has 0 radical (unpaired) electrons. The van der Waals surface area contributed by atoms with Crippen LogP contribution in [0.15, 0.2) is 35.1 Å². The van der Waals surface area contributed by atoms with Crippen LogP contribution in [0.1, 0.15) is 16.1 Å². The molecule has 2 rings (SSSR count). The molecule has 1 N–H and O–H groups in total. The Morgan fingerprint density at radius 2 is 2.31 bits per heavy atom. The van der Waals surface area contributed by atoms with E-state index in [0.717, 1.165) is 6.07 Å². The zero-order valence-electron chi connectivity index (χ0n) is 8.18. The Morgan fingerprint density at radius 1 is 1.44 bits per heavy atom. The first-order chi connectivity index (χ1) is 7.75. The van der Waals surface area contributed by atoms with Crippen molar-refractivity contribution >= 4 is 5.91 Å². The van der Waals surface area contributed by atoms with Crippen molar-refractivity contribution in [1.29, 1.82) is 0 Å². The van der Waals surface area contributed by atoms with Gasteiger partial charge < -0.3 is 9.84 Å². The van der Waals surface area contributed by atoms with E-state index in [1.807, 2.05) is 0 Å². The van der Waals surface area contributed by atoms with Crippen LogP contribution in [0.2, 0.25) is 0 Å². The molecule has 82 valence electrons. The second-order valence-corrected chi connectivity index (χ2v) is 3.03. The van der Waals surface area contributed by atoms with Gasteiger partial charge in [0, 0.05) is 12.3 Å². The van der Waals surface area contributed by atoms with Gasteiger partial charge in [-0.05, 0) is 12.1 Å². The van der Waals surface area contributed by atoms with Crippen molar-refractivity contribution in [3.8, 4) is 0 Å². The molecule has 1 amide bonds. The molecule has 0 aromatic carbocycles. The number of nitrogens with zero attached hydrogens (tertiary/aromatic N) is 2. The lowest BCUT2D eigenvalue weighted by molar-refractivity contribution is 0.0946. The van der Waals surface area contributed by atoms with E-state index in [2.05, 4.69) is 15.5 Å². The second kappa shape index (κ2) is 4.52. The summed E-state index contributed by atoms with van der Waals surface area (Å²) in [5.41, 5.74) is 0.293. The van der Waals surface area contributed by atoms with Gasteiger partial charge in [0.1, 0.15) is 0 Å². The summed E-state index contributed by atoms with van der Waals surface area (Å²) >= 11 is 0. The van der Waals surface area contributed by atoms with Gasteiger partial charge in [-0.15, -0.1) is 0 Å². The molecule has 6 heteroatoms. The molecule has 0 aliphatic heterocycles. The number of rotatable bonds is 3. The lowest BCUT2D eigenvalue weighted by Gasteiger charge is -2.01. The third kappa shape index (κ3) is 2.41. The highest BCUT2D eigenvalue weighted by molar-refractivity contribution is 5.93. The SMILES string of the molecule is O=C(NCc1ccno1)c1ccc(F)nc1. The van der Waals surface area contributed by atoms with Crippen molar-refractivity contribution in [2.24, 2.45) is 0 Å². The summed E-state index contributed by atoms with van der Waals surface area (Å²) in [7, 11) is 0. The Morgan fingerprint density at radius 3 is 2.94 bits per heavy atom. The Kier molecular flexibility index (Phi) is 2.90. The van der Waals surface area contributed by atoms with E-state index < -0.39 is 5.95 Å². The first-order valence-electron chi connectivity index (χ1n) is 4.55. The normalized spacial score (nSPS) is 10.1. The van der Waals surface area contributed by atoms with E-state index in [9.17, 15) is 9.18 Å². The Hall–Kier alpha value is -2.24. The van der Waals surface area contributed by atoms with E-state index in [-0.39, 0.29) is 12.5 Å². The summed E-state index contributed by atoms with van der Waals surface area (Å²) in [6.07, 6.45) is 2.66. The highest BCUT2D eigenvalue weighted by Crippen LogP contribution is 2.00. The molecule has 0 bridgehead atoms. The van der Waals surface area contributed by atoms with E-state index in [1.54, 1.807) is 6.07 Å². The summed E-state index contributed by atoms with van der Waals surface area (Å²) in [6.45, 7) is 0.232. The smallest absolute Gasteiger partial charge is 0.253 e. The molecule has 0 aliphatic rings. The lowest BCUT2D eigenvalue weighted by atomic mass is 10.2. The predicted octanol–water partition coefficient (Wildman–Crippen LogP) is 1.14. The average Bonchev–Trinajstić information content (AvgIpc) is 2.80. The van der Waals surface area contributed by atoms with Crippen LogP contribution in [0.3, 0.4) is 0 Å². The van der Waals surface area contributed by atoms with E-state index >= 15 is 0 Å². The molecule has 0 aliphatic carbocycles. The molecule has 2 aromatic rings. The van der Waals surface area contributed by atoms with Crippen molar-refractivity contribution in [2.75, 3.05) is 0 Å². The molecule has 5 nitrogen and oxygen atoms in total. The van der Waals surface area contributed by atoms with Crippen LogP contribution in [0, 0.1) is 5.95 Å². The minimum Gasteiger partial charge on any atom is -0.360 e. The standard InChI is InChI=1S/C10H8FN3O2/c11-9-2-1-7(5-12-9)10(15)13-6-8-3-4-14-16-8/h1-5H,6H2,(H,13,15). The van der Waals surface area contributed by atoms with Gasteiger partial charge in [0.2, 0.25) is 5.95 Å². The van der Waals surface area contributed by atoms with Gasteiger partial charge in [-0.2, -0.15) is 4.39 Å². The fourth-order valence-corrected chi connectivity index (χ4v) is 1.11. The minimum absolute atomic E-state index is 0.232. The molecule has 0 saturated heterocycles. The predicted molar refractivity (Wildman–Crippen MR) is 51.9 cm³/mol. The zero-order valence-corrected chi connectivity index (χ0v) is 8.18. The number of aromatic nitrogens is 2. The van der Waals surface area contributed by atoms with Crippen LogP contribution in [-0.4, -0.2) is 16.0 Å². The topological polar surface area (TPSA) is 68.0 Å². The summed E-state index contributed by atoms with van der Waals surface area (Å²) in [5.74, 6) is -0.417. The third-order valence-electron chi connectivity index (χ3n) is 1.90. The highest BCUT2D eigenvalue weighted by atomic mass is 19.1. The van der Waals surface area contributed by atoms with Crippen molar-refractivity contribution in [2.45, 2.75) is 6.54 Å². The fourth-order valence-electron chi connectivity index (χ4n) is 1.11. The van der Waals surface area contributed by atoms with Gasteiger partial charge in [-0.1, -0.05) is 5.16 Å². The van der Waals surface area contributed by atoms with E-state index in [4.69, 9.17) is 4.52 Å². The van der Waals surface area contributed by atoms with Crippen LogP contribution in [0.5, 0.6) is 0 Å². The van der Waals surface area contributed by atoms with E-state index in [0.29, 0.717) is 11.3 Å². The molecule has 0 atom stereocenters. The van der Waals surface area contributed by atoms with Crippen LogP contribution >= 0.6 is 0 Å². The van der Waals surface area contributed by atoms with Crippen LogP contribution in [0.25, 0.3) is 0 Å². The third-order valence-corrected chi connectivity index (χ3v) is 1.90. The molecule has 0 fully saturated rings. The van der Waals surface area contributed by atoms with Gasteiger partial charge in [0.15, 0.2) is 5.76 Å². The monoisotopic (exact) mass is 221 g/mol. The minimum atomic E-state index is -0.619. The molecule has 2 aromatic heterocycles. The molecule has 2 heterocycles. The maximum atomic E-state index is 12.5. The van der Waals surface area contributed by atoms with Gasteiger partial charge in [0.05, 0.1) is 18.3 Å². The van der Waals surface area contributed by atoms with Crippen LogP contribution in [0.4, 0.5) is 4.39 Å². The zero-order chi connectivity index (χ0) is 11.4. The highest BCUT2D eigenvalue weighted by Gasteiger charge is 2.06. The Balaban J connectivity index is 1.95. The number of halogens is 1. The number of carbonyl (C=O) groups is 1. The summed E-state index contributed by atoms with van der Waals surface area (Å²) in [4.78, 5) is 14.9.